The first-order valence-corrected chi connectivity index (χ1v) is 8.55. The third-order valence-corrected chi connectivity index (χ3v) is 4.81. The molecule has 0 aliphatic carbocycles. The van der Waals surface area contributed by atoms with Gasteiger partial charge >= 0.3 is 6.18 Å². The second-order valence-electron chi connectivity index (χ2n) is 6.88. The van der Waals surface area contributed by atoms with E-state index in [4.69, 9.17) is 0 Å². The predicted octanol–water partition coefficient (Wildman–Crippen LogP) is 1.73. The normalized spacial score (nSPS) is 21.2. The zero-order valence-electron chi connectivity index (χ0n) is 14.1. The zero-order chi connectivity index (χ0) is 17.7. The second-order valence-corrected chi connectivity index (χ2v) is 6.88. The van der Waals surface area contributed by atoms with Crippen LogP contribution in [-0.2, 0) is 9.59 Å². The highest BCUT2D eigenvalue weighted by Gasteiger charge is 2.32. The molecule has 24 heavy (non-hydrogen) atoms. The number of carbonyl (C=O) groups excluding carboxylic acids is 2. The van der Waals surface area contributed by atoms with Crippen LogP contribution in [0.15, 0.2) is 0 Å². The summed E-state index contributed by atoms with van der Waals surface area (Å²) in [6, 6.07) is 0. The van der Waals surface area contributed by atoms with Gasteiger partial charge in [-0.25, -0.2) is 0 Å². The summed E-state index contributed by atoms with van der Waals surface area (Å²) in [5, 5.41) is 0. The van der Waals surface area contributed by atoms with Gasteiger partial charge in [-0.2, -0.15) is 13.2 Å². The Kier molecular flexibility index (Phi) is 6.48. The Balaban J connectivity index is 1.70. The van der Waals surface area contributed by atoms with Gasteiger partial charge in [0, 0.05) is 26.6 Å². The van der Waals surface area contributed by atoms with E-state index in [2.05, 4.69) is 0 Å². The lowest BCUT2D eigenvalue weighted by atomic mass is 9.95. The minimum atomic E-state index is -4.36. The molecule has 2 aliphatic rings. The standard InChI is InChI=1S/C16H26F3N3O2/c1-20(12-16(17,18)19)15(24)11-21-8-5-13(6-9-21)10-22-7-3-2-4-14(22)23/h13H,2-12H2,1H3. The van der Waals surface area contributed by atoms with Gasteiger partial charge < -0.3 is 9.80 Å². The molecule has 0 atom stereocenters. The molecule has 5 nitrogen and oxygen atoms in total. The van der Waals surface area contributed by atoms with E-state index in [9.17, 15) is 22.8 Å². The molecule has 0 aromatic rings. The molecule has 8 heteroatoms. The second kappa shape index (κ2) is 8.18. The molecule has 0 saturated carbocycles. The molecule has 2 heterocycles. The number of amides is 2. The lowest BCUT2D eigenvalue weighted by Crippen LogP contribution is -2.46. The van der Waals surface area contributed by atoms with Crippen LogP contribution in [0.1, 0.15) is 32.1 Å². The Bertz CT molecular complexity index is 448. The smallest absolute Gasteiger partial charge is 0.342 e. The Morgan fingerprint density at radius 1 is 1.21 bits per heavy atom. The van der Waals surface area contributed by atoms with E-state index >= 15 is 0 Å². The van der Waals surface area contributed by atoms with Gasteiger partial charge in [-0.05, 0) is 44.7 Å². The molecule has 2 amide bonds. The summed E-state index contributed by atoms with van der Waals surface area (Å²) in [5.74, 6) is 0.149. The van der Waals surface area contributed by atoms with Gasteiger partial charge in [0.2, 0.25) is 11.8 Å². The van der Waals surface area contributed by atoms with Crippen molar-refractivity contribution in [1.29, 1.82) is 0 Å². The summed E-state index contributed by atoms with van der Waals surface area (Å²) in [6.07, 6.45) is 0.0588. The molecule has 0 N–H and O–H groups in total. The molecule has 2 aliphatic heterocycles. The number of carbonyl (C=O) groups is 2. The van der Waals surface area contributed by atoms with Crippen molar-refractivity contribution in [1.82, 2.24) is 14.7 Å². The Labute approximate surface area is 140 Å². The van der Waals surface area contributed by atoms with E-state index in [1.54, 1.807) is 0 Å². The van der Waals surface area contributed by atoms with Gasteiger partial charge in [-0.15, -0.1) is 0 Å². The number of rotatable bonds is 5. The van der Waals surface area contributed by atoms with E-state index < -0.39 is 18.6 Å². The van der Waals surface area contributed by atoms with Crippen LogP contribution in [0.3, 0.4) is 0 Å². The maximum absolute atomic E-state index is 12.3. The monoisotopic (exact) mass is 349 g/mol. The number of alkyl halides is 3. The summed E-state index contributed by atoms with van der Waals surface area (Å²) in [4.78, 5) is 28.3. The first kappa shape index (κ1) is 19.0. The molecule has 0 unspecified atom stereocenters. The summed E-state index contributed by atoms with van der Waals surface area (Å²) < 4.78 is 36.9. The van der Waals surface area contributed by atoms with Crippen LogP contribution in [0, 0.1) is 5.92 Å². The summed E-state index contributed by atoms with van der Waals surface area (Å²) >= 11 is 0. The molecular formula is C16H26F3N3O2. The quantitative estimate of drug-likeness (QED) is 0.759. The van der Waals surface area contributed by atoms with Crippen LogP contribution >= 0.6 is 0 Å². The van der Waals surface area contributed by atoms with Crippen molar-refractivity contribution in [3.63, 3.8) is 0 Å². The van der Waals surface area contributed by atoms with Crippen molar-refractivity contribution in [3.05, 3.63) is 0 Å². The van der Waals surface area contributed by atoms with Crippen molar-refractivity contribution in [2.75, 3.05) is 46.3 Å². The van der Waals surface area contributed by atoms with Crippen molar-refractivity contribution < 1.29 is 22.8 Å². The first-order chi connectivity index (χ1) is 11.2. The maximum atomic E-state index is 12.3. The van der Waals surface area contributed by atoms with Crippen LogP contribution in [0.2, 0.25) is 0 Å². The predicted molar refractivity (Wildman–Crippen MR) is 83.3 cm³/mol. The fourth-order valence-corrected chi connectivity index (χ4v) is 3.36. The third kappa shape index (κ3) is 5.96. The lowest BCUT2D eigenvalue weighted by molar-refractivity contribution is -0.159. The lowest BCUT2D eigenvalue weighted by Gasteiger charge is -2.36. The zero-order valence-corrected chi connectivity index (χ0v) is 14.1. The SMILES string of the molecule is CN(CC(F)(F)F)C(=O)CN1CCC(CN2CCCCC2=O)CC1. The van der Waals surface area contributed by atoms with Gasteiger partial charge in [0.05, 0.1) is 6.54 Å². The molecule has 0 aromatic heterocycles. The molecule has 0 spiro atoms. The van der Waals surface area contributed by atoms with Crippen molar-refractivity contribution >= 4 is 11.8 Å². The fourth-order valence-electron chi connectivity index (χ4n) is 3.36. The van der Waals surface area contributed by atoms with Crippen LogP contribution in [0.4, 0.5) is 13.2 Å². The number of hydrogen-bond donors (Lipinski definition) is 0. The Hall–Kier alpha value is -1.31. The average Bonchev–Trinajstić information content (AvgIpc) is 2.50. The van der Waals surface area contributed by atoms with Crippen LogP contribution in [0.25, 0.3) is 0 Å². The topological polar surface area (TPSA) is 43.9 Å². The fraction of sp³-hybridized carbons (Fsp3) is 0.875. The van der Waals surface area contributed by atoms with E-state index in [1.807, 2.05) is 9.80 Å². The average molecular weight is 349 g/mol. The number of likely N-dealkylation sites (tertiary alicyclic amines) is 2. The minimum absolute atomic E-state index is 0.0297. The van der Waals surface area contributed by atoms with E-state index in [-0.39, 0.29) is 12.5 Å². The maximum Gasteiger partial charge on any atom is 0.406 e. The number of nitrogens with zero attached hydrogens (tertiary/aromatic N) is 3. The van der Waals surface area contributed by atoms with Crippen molar-refractivity contribution in [2.45, 2.75) is 38.3 Å². The van der Waals surface area contributed by atoms with Crippen LogP contribution in [-0.4, -0.2) is 79.0 Å². The minimum Gasteiger partial charge on any atom is -0.342 e. The molecule has 0 radical (unpaired) electrons. The van der Waals surface area contributed by atoms with Crippen LogP contribution < -0.4 is 0 Å². The largest absolute Gasteiger partial charge is 0.406 e. The number of hydrogen-bond acceptors (Lipinski definition) is 3. The molecule has 0 bridgehead atoms. The van der Waals surface area contributed by atoms with Gasteiger partial charge in [-0.3, -0.25) is 14.5 Å². The third-order valence-electron chi connectivity index (χ3n) is 4.81. The summed E-state index contributed by atoms with van der Waals surface area (Å²) in [5.41, 5.74) is 0. The van der Waals surface area contributed by atoms with Crippen molar-refractivity contribution in [2.24, 2.45) is 5.92 Å². The number of halogens is 3. The number of likely N-dealkylation sites (N-methyl/N-ethyl adjacent to an activating group) is 1. The van der Waals surface area contributed by atoms with Gasteiger partial charge in [-0.1, -0.05) is 0 Å². The van der Waals surface area contributed by atoms with E-state index in [0.29, 0.717) is 25.4 Å². The van der Waals surface area contributed by atoms with Gasteiger partial charge in [0.15, 0.2) is 0 Å². The van der Waals surface area contributed by atoms with Gasteiger partial charge in [0.1, 0.15) is 6.54 Å². The molecule has 2 fully saturated rings. The van der Waals surface area contributed by atoms with E-state index in [0.717, 1.165) is 43.7 Å². The highest BCUT2D eigenvalue weighted by Crippen LogP contribution is 2.21. The Morgan fingerprint density at radius 3 is 2.46 bits per heavy atom. The van der Waals surface area contributed by atoms with Crippen molar-refractivity contribution in [3.8, 4) is 0 Å². The highest BCUT2D eigenvalue weighted by molar-refractivity contribution is 5.78. The molecule has 138 valence electrons. The molecule has 2 rings (SSSR count). The highest BCUT2D eigenvalue weighted by atomic mass is 19.4. The first-order valence-electron chi connectivity index (χ1n) is 8.55. The van der Waals surface area contributed by atoms with Gasteiger partial charge in [0.25, 0.3) is 0 Å². The number of piperidine rings is 2. The summed E-state index contributed by atoms with van der Waals surface area (Å²) in [7, 11) is 1.19. The van der Waals surface area contributed by atoms with E-state index in [1.165, 1.54) is 7.05 Å². The molecule has 0 aromatic carbocycles. The molecule has 2 saturated heterocycles. The molecular weight excluding hydrogens is 323 g/mol. The summed E-state index contributed by atoms with van der Waals surface area (Å²) in [6.45, 7) is 1.81. The Morgan fingerprint density at radius 2 is 1.88 bits per heavy atom. The van der Waals surface area contributed by atoms with Crippen LogP contribution in [0.5, 0.6) is 0 Å².